The summed E-state index contributed by atoms with van der Waals surface area (Å²) in [5.74, 6) is -0.273. The van der Waals surface area contributed by atoms with Gasteiger partial charge in [-0.25, -0.2) is 8.78 Å². The largest absolute Gasteiger partial charge is 0.496 e. The van der Waals surface area contributed by atoms with E-state index in [0.29, 0.717) is 0 Å². The predicted molar refractivity (Wildman–Crippen MR) is 79.6 cm³/mol. The molecule has 0 heterocycles. The fourth-order valence-electron chi connectivity index (χ4n) is 2.37. The molecule has 0 fully saturated rings. The zero-order valence-corrected chi connectivity index (χ0v) is 12.4. The minimum absolute atomic E-state index is 0.0939. The fourth-order valence-corrected chi connectivity index (χ4v) is 2.37. The van der Waals surface area contributed by atoms with Gasteiger partial charge in [0.1, 0.15) is 17.4 Å². The van der Waals surface area contributed by atoms with Gasteiger partial charge in [0, 0.05) is 11.6 Å². The van der Waals surface area contributed by atoms with Gasteiger partial charge in [0.05, 0.1) is 7.11 Å². The molecule has 0 aliphatic carbocycles. The lowest BCUT2D eigenvalue weighted by atomic mass is 9.97. The number of aryl methyl sites for hydroxylation is 1. The molecule has 1 N–H and O–H groups in total. The fraction of sp³-hybridized carbons (Fsp3) is 0.294. The van der Waals surface area contributed by atoms with Crippen molar-refractivity contribution in [2.75, 3.05) is 14.2 Å². The second kappa shape index (κ2) is 6.68. The predicted octanol–water partition coefficient (Wildman–Crippen LogP) is 3.79. The van der Waals surface area contributed by atoms with E-state index >= 15 is 0 Å². The number of likely N-dealkylation sites (N-methyl/N-ethyl adjacent to an activating group) is 1. The van der Waals surface area contributed by atoms with Crippen molar-refractivity contribution in [3.63, 3.8) is 0 Å². The van der Waals surface area contributed by atoms with Crippen LogP contribution in [0.15, 0.2) is 36.4 Å². The molecule has 4 heteroatoms. The summed E-state index contributed by atoms with van der Waals surface area (Å²) in [6, 6.07) is 9.52. The summed E-state index contributed by atoms with van der Waals surface area (Å²) in [6.45, 7) is 1.95. The lowest BCUT2D eigenvalue weighted by molar-refractivity contribution is 0.410. The molecule has 0 saturated heterocycles. The molecule has 0 aliphatic rings. The molecule has 2 aromatic rings. The van der Waals surface area contributed by atoms with Gasteiger partial charge >= 0.3 is 0 Å². The number of ether oxygens (including phenoxy) is 1. The molecule has 1 unspecified atom stereocenters. The Balaban J connectivity index is 2.32. The van der Waals surface area contributed by atoms with E-state index in [1.807, 2.05) is 25.1 Å². The second-order valence-electron chi connectivity index (χ2n) is 4.97. The van der Waals surface area contributed by atoms with Crippen LogP contribution < -0.4 is 10.1 Å². The monoisotopic (exact) mass is 291 g/mol. The molecule has 112 valence electrons. The van der Waals surface area contributed by atoms with Crippen LogP contribution in [0.25, 0.3) is 0 Å². The first-order valence-corrected chi connectivity index (χ1v) is 6.81. The van der Waals surface area contributed by atoms with E-state index in [0.717, 1.165) is 16.9 Å². The molecule has 0 aromatic heterocycles. The number of hydrogen-bond acceptors (Lipinski definition) is 2. The minimum atomic E-state index is -0.519. The van der Waals surface area contributed by atoms with Crippen LogP contribution in [0.1, 0.15) is 22.7 Å². The maximum absolute atomic E-state index is 13.8. The Morgan fingerprint density at radius 2 is 1.81 bits per heavy atom. The van der Waals surface area contributed by atoms with E-state index in [1.54, 1.807) is 14.2 Å². The van der Waals surface area contributed by atoms with Crippen molar-refractivity contribution in [1.29, 1.82) is 0 Å². The van der Waals surface area contributed by atoms with Gasteiger partial charge in [-0.1, -0.05) is 18.2 Å². The second-order valence-corrected chi connectivity index (χ2v) is 4.97. The summed E-state index contributed by atoms with van der Waals surface area (Å²) in [4.78, 5) is 0. The number of halogens is 2. The number of benzene rings is 2. The van der Waals surface area contributed by atoms with Crippen LogP contribution >= 0.6 is 0 Å². The Morgan fingerprint density at radius 1 is 1.14 bits per heavy atom. The average molecular weight is 291 g/mol. The van der Waals surface area contributed by atoms with E-state index in [1.165, 1.54) is 18.2 Å². The number of hydrogen-bond donors (Lipinski definition) is 1. The highest BCUT2D eigenvalue weighted by atomic mass is 19.1. The Kier molecular flexibility index (Phi) is 4.91. The Labute approximate surface area is 123 Å². The van der Waals surface area contributed by atoms with E-state index in [-0.39, 0.29) is 18.0 Å². The molecular weight excluding hydrogens is 272 g/mol. The normalized spacial score (nSPS) is 12.2. The lowest BCUT2D eigenvalue weighted by Crippen LogP contribution is -2.20. The molecule has 2 nitrogen and oxygen atoms in total. The van der Waals surface area contributed by atoms with Gasteiger partial charge < -0.3 is 10.1 Å². The van der Waals surface area contributed by atoms with Crippen LogP contribution in [0.5, 0.6) is 5.75 Å². The number of methoxy groups -OCH3 is 1. The topological polar surface area (TPSA) is 21.3 Å². The molecule has 0 spiro atoms. The van der Waals surface area contributed by atoms with Gasteiger partial charge in [-0.15, -0.1) is 0 Å². The number of nitrogens with one attached hydrogen (secondary N) is 1. The highest BCUT2D eigenvalue weighted by molar-refractivity contribution is 5.38. The van der Waals surface area contributed by atoms with Crippen molar-refractivity contribution < 1.29 is 13.5 Å². The average Bonchev–Trinajstić information content (AvgIpc) is 2.48. The highest BCUT2D eigenvalue weighted by Gasteiger charge is 2.17. The summed E-state index contributed by atoms with van der Waals surface area (Å²) in [6.07, 6.45) is 0.237. The van der Waals surface area contributed by atoms with Crippen molar-refractivity contribution in [1.82, 2.24) is 5.32 Å². The Hall–Kier alpha value is -1.94. The van der Waals surface area contributed by atoms with Crippen LogP contribution in [0.3, 0.4) is 0 Å². The van der Waals surface area contributed by atoms with Crippen LogP contribution in [-0.2, 0) is 6.42 Å². The van der Waals surface area contributed by atoms with Gasteiger partial charge in [-0.2, -0.15) is 0 Å². The standard InChI is InChI=1S/C17H19F2NO/c1-11-7-8-12(9-17(11)21-3)16(20-2)10-13-14(18)5-4-6-15(13)19/h4-9,16,20H,10H2,1-3H3. The quantitative estimate of drug-likeness (QED) is 0.905. The molecule has 0 saturated carbocycles. The summed E-state index contributed by atoms with van der Waals surface area (Å²) in [5.41, 5.74) is 2.05. The molecule has 1 atom stereocenters. The van der Waals surface area contributed by atoms with Crippen LogP contribution in [0.4, 0.5) is 8.78 Å². The SMILES string of the molecule is CNC(Cc1c(F)cccc1F)c1ccc(C)c(OC)c1. The van der Waals surface area contributed by atoms with E-state index in [9.17, 15) is 8.78 Å². The first kappa shape index (κ1) is 15.4. The Bertz CT molecular complexity index is 608. The van der Waals surface area contributed by atoms with E-state index < -0.39 is 11.6 Å². The van der Waals surface area contributed by atoms with Crippen molar-refractivity contribution in [3.05, 3.63) is 64.7 Å². The lowest BCUT2D eigenvalue weighted by Gasteiger charge is -2.19. The molecule has 0 radical (unpaired) electrons. The van der Waals surface area contributed by atoms with Crippen molar-refractivity contribution in [2.45, 2.75) is 19.4 Å². The molecule has 21 heavy (non-hydrogen) atoms. The van der Waals surface area contributed by atoms with Crippen LogP contribution in [0, 0.1) is 18.6 Å². The summed E-state index contributed by atoms with van der Waals surface area (Å²) in [5, 5.41) is 3.10. The smallest absolute Gasteiger partial charge is 0.129 e. The van der Waals surface area contributed by atoms with Crippen LogP contribution in [0.2, 0.25) is 0 Å². The zero-order chi connectivity index (χ0) is 15.4. The third-order valence-electron chi connectivity index (χ3n) is 3.65. The molecule has 0 amide bonds. The highest BCUT2D eigenvalue weighted by Crippen LogP contribution is 2.26. The Morgan fingerprint density at radius 3 is 2.38 bits per heavy atom. The van der Waals surface area contributed by atoms with E-state index in [2.05, 4.69) is 5.32 Å². The first-order chi connectivity index (χ1) is 10.1. The van der Waals surface area contributed by atoms with Gasteiger partial charge in [0.2, 0.25) is 0 Å². The molecule has 0 bridgehead atoms. The first-order valence-electron chi connectivity index (χ1n) is 6.81. The summed E-state index contributed by atoms with van der Waals surface area (Å²) >= 11 is 0. The molecular formula is C17H19F2NO. The van der Waals surface area contributed by atoms with Gasteiger partial charge in [0.25, 0.3) is 0 Å². The third kappa shape index (κ3) is 3.39. The van der Waals surface area contributed by atoms with E-state index in [4.69, 9.17) is 4.74 Å². The molecule has 2 aromatic carbocycles. The van der Waals surface area contributed by atoms with Gasteiger partial charge in [-0.3, -0.25) is 0 Å². The maximum Gasteiger partial charge on any atom is 0.129 e. The van der Waals surface area contributed by atoms with Gasteiger partial charge in [0.15, 0.2) is 0 Å². The molecule has 0 aliphatic heterocycles. The summed E-state index contributed by atoms with van der Waals surface area (Å²) < 4.78 is 32.9. The summed E-state index contributed by atoms with van der Waals surface area (Å²) in [7, 11) is 3.38. The van der Waals surface area contributed by atoms with Crippen molar-refractivity contribution in [3.8, 4) is 5.75 Å². The van der Waals surface area contributed by atoms with Crippen molar-refractivity contribution in [2.24, 2.45) is 0 Å². The minimum Gasteiger partial charge on any atom is -0.496 e. The van der Waals surface area contributed by atoms with Crippen molar-refractivity contribution >= 4 is 0 Å². The number of rotatable bonds is 5. The third-order valence-corrected chi connectivity index (χ3v) is 3.65. The maximum atomic E-state index is 13.8. The van der Waals surface area contributed by atoms with Gasteiger partial charge in [-0.05, 0) is 49.7 Å². The van der Waals surface area contributed by atoms with Crippen LogP contribution in [-0.4, -0.2) is 14.2 Å². The zero-order valence-electron chi connectivity index (χ0n) is 12.4. The molecule has 2 rings (SSSR count).